The summed E-state index contributed by atoms with van der Waals surface area (Å²) in [5, 5.41) is 3.41. The predicted octanol–water partition coefficient (Wildman–Crippen LogP) is 5.12. The smallest absolute Gasteiger partial charge is 0.411 e. The summed E-state index contributed by atoms with van der Waals surface area (Å²) in [4.78, 5) is 17.6. The van der Waals surface area contributed by atoms with Crippen LogP contribution in [0.3, 0.4) is 0 Å². The monoisotopic (exact) mass is 475 g/mol. The van der Waals surface area contributed by atoms with Crippen molar-refractivity contribution in [1.82, 2.24) is 15.1 Å². The number of ether oxygens (including phenoxy) is 1. The molecule has 0 aromatic heterocycles. The summed E-state index contributed by atoms with van der Waals surface area (Å²) >= 11 is 0. The fourth-order valence-electron chi connectivity index (χ4n) is 5.56. The van der Waals surface area contributed by atoms with Gasteiger partial charge in [0.05, 0.1) is 0 Å². The number of hydrogen-bond donors (Lipinski definition) is 1. The molecule has 1 atom stereocenters. The minimum atomic E-state index is -0.338. The third-order valence-electron chi connectivity index (χ3n) is 7.25. The molecule has 1 unspecified atom stereocenters. The summed E-state index contributed by atoms with van der Waals surface area (Å²) in [6.07, 6.45) is -0.558. The second kappa shape index (κ2) is 9.41. The Labute approximate surface area is 207 Å². The zero-order chi connectivity index (χ0) is 22.4. The van der Waals surface area contributed by atoms with Crippen molar-refractivity contribution in [3.05, 3.63) is 94.5 Å². The van der Waals surface area contributed by atoms with Crippen molar-refractivity contribution in [2.75, 3.05) is 19.6 Å². The highest BCUT2D eigenvalue weighted by Crippen LogP contribution is 2.45. The molecule has 34 heavy (non-hydrogen) atoms. The second-order valence-corrected chi connectivity index (χ2v) is 9.42. The highest BCUT2D eigenvalue weighted by molar-refractivity contribution is 5.85. The van der Waals surface area contributed by atoms with Crippen molar-refractivity contribution in [3.63, 3.8) is 0 Å². The van der Waals surface area contributed by atoms with Crippen molar-refractivity contribution < 1.29 is 9.53 Å². The molecule has 3 aromatic carbocycles. The Morgan fingerprint density at radius 1 is 0.941 bits per heavy atom. The van der Waals surface area contributed by atoms with E-state index in [4.69, 9.17) is 4.74 Å². The standard InChI is InChI=1S/C28H29N3O2.ClH/c1-19-17-30(18-20-10-11-21-15-29-16-22(21)14-20)12-13-31(19)28(32)33-27-25-8-4-2-6-23(25)24-7-3-5-9-26(24)27;/h2-11,14,19,27,29H,12-13,15-18H2,1H3;1H. The number of rotatable bonds is 3. The van der Waals surface area contributed by atoms with Crippen LogP contribution in [0, 0.1) is 0 Å². The topological polar surface area (TPSA) is 44.8 Å². The number of halogens is 1. The Kier molecular flexibility index (Phi) is 6.34. The lowest BCUT2D eigenvalue weighted by atomic mass is 10.1. The summed E-state index contributed by atoms with van der Waals surface area (Å²) in [5.41, 5.74) is 8.64. The van der Waals surface area contributed by atoms with E-state index in [1.807, 2.05) is 29.2 Å². The SMILES string of the molecule is CC1CN(Cc2ccc3c(c2)CNC3)CCN1C(=O)OC1c2ccccc2-c2ccccc21.Cl. The lowest BCUT2D eigenvalue weighted by Gasteiger charge is -2.39. The van der Waals surface area contributed by atoms with Crippen LogP contribution in [0.25, 0.3) is 11.1 Å². The van der Waals surface area contributed by atoms with Gasteiger partial charge in [-0.3, -0.25) is 4.90 Å². The molecule has 6 rings (SSSR count). The second-order valence-electron chi connectivity index (χ2n) is 9.42. The number of piperazine rings is 1. The molecule has 6 heteroatoms. The molecule has 1 aliphatic carbocycles. The van der Waals surface area contributed by atoms with Crippen LogP contribution < -0.4 is 5.32 Å². The number of carbonyl (C=O) groups is 1. The van der Waals surface area contributed by atoms with Crippen LogP contribution in [0.15, 0.2) is 66.7 Å². The molecule has 0 spiro atoms. The average molecular weight is 476 g/mol. The van der Waals surface area contributed by atoms with Gasteiger partial charge in [0.15, 0.2) is 6.10 Å². The van der Waals surface area contributed by atoms with Crippen LogP contribution in [0.2, 0.25) is 0 Å². The summed E-state index contributed by atoms with van der Waals surface area (Å²) in [7, 11) is 0. The molecule has 176 valence electrons. The first-order valence-corrected chi connectivity index (χ1v) is 11.9. The molecule has 0 saturated carbocycles. The first-order valence-electron chi connectivity index (χ1n) is 11.9. The number of hydrogen-bond acceptors (Lipinski definition) is 4. The fourth-order valence-corrected chi connectivity index (χ4v) is 5.56. The molecular formula is C28H30ClN3O2. The molecule has 5 nitrogen and oxygen atoms in total. The van der Waals surface area contributed by atoms with Crippen LogP contribution in [-0.2, 0) is 24.4 Å². The molecule has 2 aliphatic heterocycles. The van der Waals surface area contributed by atoms with Crippen LogP contribution in [0.5, 0.6) is 0 Å². The van der Waals surface area contributed by atoms with E-state index in [2.05, 4.69) is 59.6 Å². The molecular weight excluding hydrogens is 446 g/mol. The van der Waals surface area contributed by atoms with Gasteiger partial charge < -0.3 is 15.0 Å². The first kappa shape index (κ1) is 22.9. The van der Waals surface area contributed by atoms with Gasteiger partial charge in [0.2, 0.25) is 0 Å². The van der Waals surface area contributed by atoms with Crippen molar-refractivity contribution in [2.24, 2.45) is 0 Å². The number of nitrogens with one attached hydrogen (secondary N) is 1. The van der Waals surface area contributed by atoms with Crippen LogP contribution in [-0.4, -0.2) is 41.6 Å². The van der Waals surface area contributed by atoms with E-state index in [9.17, 15) is 4.79 Å². The predicted molar refractivity (Wildman–Crippen MR) is 136 cm³/mol. The van der Waals surface area contributed by atoms with Gasteiger partial charge in [-0.25, -0.2) is 4.79 Å². The number of benzene rings is 3. The molecule has 1 saturated heterocycles. The van der Waals surface area contributed by atoms with Crippen molar-refractivity contribution >= 4 is 18.5 Å². The average Bonchev–Trinajstić information content (AvgIpc) is 3.42. The third-order valence-corrected chi connectivity index (χ3v) is 7.25. The summed E-state index contributed by atoms with van der Waals surface area (Å²) in [6.45, 7) is 7.37. The van der Waals surface area contributed by atoms with E-state index in [0.29, 0.717) is 6.54 Å². The minimum absolute atomic E-state index is 0. The molecule has 0 bridgehead atoms. The molecule has 1 amide bonds. The van der Waals surface area contributed by atoms with E-state index in [1.165, 1.54) is 16.7 Å². The maximum Gasteiger partial charge on any atom is 0.411 e. The Balaban J connectivity index is 0.00000241. The number of fused-ring (bicyclic) bond motifs is 4. The molecule has 2 heterocycles. The maximum atomic E-state index is 13.3. The van der Waals surface area contributed by atoms with E-state index in [0.717, 1.165) is 55.0 Å². The van der Waals surface area contributed by atoms with Gasteiger partial charge in [-0.05, 0) is 34.7 Å². The highest BCUT2D eigenvalue weighted by atomic mass is 35.5. The van der Waals surface area contributed by atoms with Crippen molar-refractivity contribution in [2.45, 2.75) is 38.7 Å². The molecule has 3 aromatic rings. The van der Waals surface area contributed by atoms with Crippen molar-refractivity contribution in [1.29, 1.82) is 0 Å². The summed E-state index contributed by atoms with van der Waals surface area (Å²) in [5.74, 6) is 0. The minimum Gasteiger partial charge on any atom is -0.436 e. The van der Waals surface area contributed by atoms with Crippen LogP contribution >= 0.6 is 12.4 Å². The maximum absolute atomic E-state index is 13.3. The van der Waals surface area contributed by atoms with Gasteiger partial charge in [0, 0.05) is 56.4 Å². The fraction of sp³-hybridized carbons (Fsp3) is 0.321. The lowest BCUT2D eigenvalue weighted by molar-refractivity contribution is 0.0359. The van der Waals surface area contributed by atoms with Crippen LogP contribution in [0.1, 0.15) is 40.8 Å². The largest absolute Gasteiger partial charge is 0.436 e. The normalized spacial score (nSPS) is 19.2. The highest BCUT2D eigenvalue weighted by Gasteiger charge is 2.35. The number of amides is 1. The third kappa shape index (κ3) is 4.09. The molecule has 1 fully saturated rings. The van der Waals surface area contributed by atoms with E-state index in [1.54, 1.807) is 0 Å². The van der Waals surface area contributed by atoms with Gasteiger partial charge in [0.25, 0.3) is 0 Å². The summed E-state index contributed by atoms with van der Waals surface area (Å²) < 4.78 is 6.14. The quantitative estimate of drug-likeness (QED) is 0.570. The Morgan fingerprint density at radius 3 is 2.32 bits per heavy atom. The summed E-state index contributed by atoms with van der Waals surface area (Å²) in [6, 6.07) is 23.4. The zero-order valence-corrected chi connectivity index (χ0v) is 20.2. The molecule has 0 radical (unpaired) electrons. The van der Waals surface area contributed by atoms with E-state index in [-0.39, 0.29) is 30.6 Å². The van der Waals surface area contributed by atoms with Crippen molar-refractivity contribution in [3.8, 4) is 11.1 Å². The van der Waals surface area contributed by atoms with Gasteiger partial charge in [-0.15, -0.1) is 12.4 Å². The van der Waals surface area contributed by atoms with Crippen LogP contribution in [0.4, 0.5) is 4.79 Å². The number of nitrogens with zero attached hydrogens (tertiary/aromatic N) is 2. The Bertz CT molecular complexity index is 1170. The first-order chi connectivity index (χ1) is 16.2. The van der Waals surface area contributed by atoms with E-state index >= 15 is 0 Å². The Hall–Kier alpha value is -2.86. The van der Waals surface area contributed by atoms with E-state index < -0.39 is 0 Å². The van der Waals surface area contributed by atoms with Gasteiger partial charge >= 0.3 is 6.09 Å². The lowest BCUT2D eigenvalue weighted by Crippen LogP contribution is -2.53. The van der Waals surface area contributed by atoms with Gasteiger partial charge in [-0.1, -0.05) is 66.7 Å². The number of carbonyl (C=O) groups excluding carboxylic acids is 1. The van der Waals surface area contributed by atoms with Gasteiger partial charge in [0.1, 0.15) is 0 Å². The molecule has 3 aliphatic rings. The zero-order valence-electron chi connectivity index (χ0n) is 19.4. The van der Waals surface area contributed by atoms with Gasteiger partial charge in [-0.2, -0.15) is 0 Å². The molecule has 1 N–H and O–H groups in total. The Morgan fingerprint density at radius 2 is 1.62 bits per heavy atom.